The molecule has 162 valence electrons. The lowest BCUT2D eigenvalue weighted by Crippen LogP contribution is -2.21. The largest absolute Gasteiger partial charge is 0.492 e. The van der Waals surface area contributed by atoms with Crippen LogP contribution in [0.2, 0.25) is 0 Å². The molecule has 1 aromatic carbocycles. The van der Waals surface area contributed by atoms with E-state index in [0.717, 1.165) is 12.3 Å². The summed E-state index contributed by atoms with van der Waals surface area (Å²) in [6.07, 6.45) is 19.2. The van der Waals surface area contributed by atoms with Gasteiger partial charge in [0.2, 0.25) is 0 Å². The maximum Gasteiger partial charge on any atom is 0.126 e. The number of rotatable bonds is 17. The number of thioether (sulfide) groups is 1. The van der Waals surface area contributed by atoms with E-state index < -0.39 is 0 Å². The number of unbranched alkanes of at least 4 members (excludes halogenated alkanes) is 9. The third-order valence-electron chi connectivity index (χ3n) is 5.06. The van der Waals surface area contributed by atoms with E-state index in [2.05, 4.69) is 16.5 Å². The Hall–Kier alpha value is -1.49. The molecule has 29 heavy (non-hydrogen) atoms. The van der Waals surface area contributed by atoms with Gasteiger partial charge in [0, 0.05) is 25.0 Å². The number of hydrogen-bond acceptors (Lipinski definition) is 3. The van der Waals surface area contributed by atoms with Gasteiger partial charge >= 0.3 is 0 Å². The summed E-state index contributed by atoms with van der Waals surface area (Å²) >= 11 is 1.95. The van der Waals surface area contributed by atoms with Crippen molar-refractivity contribution in [1.29, 1.82) is 0 Å². The molecule has 0 N–H and O–H groups in total. The highest BCUT2D eigenvalue weighted by atomic mass is 32.2. The first-order valence-electron chi connectivity index (χ1n) is 11.2. The Morgan fingerprint density at radius 1 is 1.03 bits per heavy atom. The molecule has 0 bridgehead atoms. The molecule has 1 unspecified atom stereocenters. The fourth-order valence-electron chi connectivity index (χ4n) is 3.37. The SMILES string of the molecule is CCCCCCCCCCCCSC(COc1cccc(F)c1)Cn1ccnc1. The number of imidazole rings is 1. The minimum Gasteiger partial charge on any atom is -0.492 e. The number of nitrogens with zero attached hydrogens (tertiary/aromatic N) is 2. The molecule has 0 aliphatic heterocycles. The lowest BCUT2D eigenvalue weighted by Gasteiger charge is -2.18. The van der Waals surface area contributed by atoms with Crippen LogP contribution >= 0.6 is 11.8 Å². The van der Waals surface area contributed by atoms with Crippen molar-refractivity contribution in [2.75, 3.05) is 12.4 Å². The van der Waals surface area contributed by atoms with Crippen LogP contribution in [0.4, 0.5) is 4.39 Å². The van der Waals surface area contributed by atoms with Crippen LogP contribution in [-0.4, -0.2) is 27.2 Å². The molecule has 0 saturated heterocycles. The molecule has 0 fully saturated rings. The van der Waals surface area contributed by atoms with Crippen molar-refractivity contribution >= 4 is 11.8 Å². The van der Waals surface area contributed by atoms with E-state index in [9.17, 15) is 4.39 Å². The normalized spacial score (nSPS) is 12.2. The van der Waals surface area contributed by atoms with E-state index in [4.69, 9.17) is 4.74 Å². The van der Waals surface area contributed by atoms with E-state index in [1.54, 1.807) is 12.3 Å². The van der Waals surface area contributed by atoms with Crippen molar-refractivity contribution in [3.8, 4) is 5.75 Å². The van der Waals surface area contributed by atoms with Crippen molar-refractivity contribution in [3.05, 3.63) is 48.8 Å². The van der Waals surface area contributed by atoms with E-state index in [0.29, 0.717) is 17.6 Å². The first-order chi connectivity index (χ1) is 14.3. The average molecular weight is 421 g/mol. The number of halogens is 1. The summed E-state index contributed by atoms with van der Waals surface area (Å²) in [5.41, 5.74) is 0. The van der Waals surface area contributed by atoms with Gasteiger partial charge in [-0.05, 0) is 24.3 Å². The number of ether oxygens (including phenoxy) is 1. The summed E-state index contributed by atoms with van der Waals surface area (Å²) in [4.78, 5) is 4.13. The molecule has 0 saturated carbocycles. The highest BCUT2D eigenvalue weighted by molar-refractivity contribution is 7.99. The summed E-state index contributed by atoms with van der Waals surface area (Å²) in [6, 6.07) is 6.38. The standard InChI is InChI=1S/C24H37FN2OS/c1-2-3-4-5-6-7-8-9-10-11-17-29-24(19-27-16-15-26-21-27)20-28-23-14-12-13-22(25)18-23/h12-16,18,21,24H,2-11,17,19-20H2,1H3. The molecular formula is C24H37FN2OS. The summed E-state index contributed by atoms with van der Waals surface area (Å²) in [7, 11) is 0. The Labute approximate surface area is 180 Å². The third-order valence-corrected chi connectivity index (χ3v) is 6.34. The maximum absolute atomic E-state index is 13.4. The molecule has 1 heterocycles. The minimum atomic E-state index is -0.258. The van der Waals surface area contributed by atoms with Crippen LogP contribution in [0.15, 0.2) is 43.0 Å². The fraction of sp³-hybridized carbons (Fsp3) is 0.625. The topological polar surface area (TPSA) is 27.1 Å². The van der Waals surface area contributed by atoms with Crippen LogP contribution in [-0.2, 0) is 6.54 Å². The van der Waals surface area contributed by atoms with Crippen molar-refractivity contribution in [2.24, 2.45) is 0 Å². The molecule has 2 aromatic rings. The van der Waals surface area contributed by atoms with Crippen molar-refractivity contribution in [3.63, 3.8) is 0 Å². The third kappa shape index (κ3) is 11.3. The molecule has 0 spiro atoms. The monoisotopic (exact) mass is 420 g/mol. The first-order valence-corrected chi connectivity index (χ1v) is 12.3. The van der Waals surface area contributed by atoms with Crippen molar-refractivity contribution in [1.82, 2.24) is 9.55 Å². The van der Waals surface area contributed by atoms with Crippen LogP contribution in [0.5, 0.6) is 5.75 Å². The van der Waals surface area contributed by atoms with Gasteiger partial charge in [0.05, 0.1) is 11.6 Å². The lowest BCUT2D eigenvalue weighted by atomic mass is 10.1. The Bertz CT molecular complexity index is 636. The minimum absolute atomic E-state index is 0.258. The van der Waals surface area contributed by atoms with Crippen molar-refractivity contribution in [2.45, 2.75) is 82.9 Å². The Balaban J connectivity index is 1.60. The van der Waals surface area contributed by atoms with Gasteiger partial charge in [-0.2, -0.15) is 11.8 Å². The summed E-state index contributed by atoms with van der Waals surface area (Å²) in [6.45, 7) is 3.70. The van der Waals surface area contributed by atoms with Gasteiger partial charge in [-0.15, -0.1) is 0 Å². The highest BCUT2D eigenvalue weighted by Crippen LogP contribution is 2.20. The van der Waals surface area contributed by atoms with Crippen LogP contribution in [0.25, 0.3) is 0 Å². The molecule has 0 aliphatic rings. The first kappa shape index (κ1) is 23.8. The van der Waals surface area contributed by atoms with Crippen LogP contribution < -0.4 is 4.74 Å². The molecule has 0 aliphatic carbocycles. The van der Waals surface area contributed by atoms with Gasteiger partial charge in [-0.3, -0.25) is 0 Å². The Kier molecular flexibility index (Phi) is 12.6. The Morgan fingerprint density at radius 3 is 2.41 bits per heavy atom. The summed E-state index contributed by atoms with van der Waals surface area (Å²) in [5, 5.41) is 0.325. The fourth-order valence-corrected chi connectivity index (χ4v) is 4.51. The second-order valence-corrected chi connectivity index (χ2v) is 9.11. The molecule has 2 rings (SSSR count). The predicted octanol–water partition coefficient (Wildman–Crippen LogP) is 7.12. The average Bonchev–Trinajstić information content (AvgIpc) is 3.23. The van der Waals surface area contributed by atoms with Gasteiger partial charge in [-0.25, -0.2) is 9.37 Å². The van der Waals surface area contributed by atoms with E-state index >= 15 is 0 Å². The quantitative estimate of drug-likeness (QED) is 0.255. The molecule has 1 aromatic heterocycles. The number of benzene rings is 1. The smallest absolute Gasteiger partial charge is 0.126 e. The van der Waals surface area contributed by atoms with Gasteiger partial charge in [0.15, 0.2) is 0 Å². The second kappa shape index (κ2) is 15.4. The van der Waals surface area contributed by atoms with Crippen LogP contribution in [0.1, 0.15) is 71.1 Å². The zero-order valence-corrected chi connectivity index (χ0v) is 18.7. The summed E-state index contributed by atoms with van der Waals surface area (Å²) < 4.78 is 21.3. The number of hydrogen-bond donors (Lipinski definition) is 0. The van der Waals surface area contributed by atoms with E-state index in [1.807, 2.05) is 30.4 Å². The van der Waals surface area contributed by atoms with E-state index in [-0.39, 0.29) is 5.82 Å². The zero-order chi connectivity index (χ0) is 20.6. The molecule has 0 amide bonds. The van der Waals surface area contributed by atoms with Gasteiger partial charge in [-0.1, -0.05) is 70.8 Å². The predicted molar refractivity (Wildman–Crippen MR) is 122 cm³/mol. The second-order valence-electron chi connectivity index (χ2n) is 7.70. The van der Waals surface area contributed by atoms with Crippen molar-refractivity contribution < 1.29 is 9.13 Å². The molecule has 0 radical (unpaired) electrons. The highest BCUT2D eigenvalue weighted by Gasteiger charge is 2.12. The maximum atomic E-state index is 13.4. The van der Waals surface area contributed by atoms with Gasteiger partial charge < -0.3 is 9.30 Å². The molecular weight excluding hydrogens is 383 g/mol. The summed E-state index contributed by atoms with van der Waals surface area (Å²) in [5.74, 6) is 1.48. The van der Waals surface area contributed by atoms with Gasteiger partial charge in [0.25, 0.3) is 0 Å². The Morgan fingerprint density at radius 2 is 1.76 bits per heavy atom. The molecule has 5 heteroatoms. The molecule has 1 atom stereocenters. The van der Waals surface area contributed by atoms with Crippen LogP contribution in [0, 0.1) is 5.82 Å². The van der Waals surface area contributed by atoms with E-state index in [1.165, 1.54) is 76.3 Å². The lowest BCUT2D eigenvalue weighted by molar-refractivity contribution is 0.306. The van der Waals surface area contributed by atoms with Gasteiger partial charge in [0.1, 0.15) is 18.2 Å². The van der Waals surface area contributed by atoms with Crippen LogP contribution in [0.3, 0.4) is 0 Å². The molecule has 3 nitrogen and oxygen atoms in total. The zero-order valence-electron chi connectivity index (χ0n) is 17.9. The number of aromatic nitrogens is 2.